The summed E-state index contributed by atoms with van der Waals surface area (Å²) in [6.45, 7) is 2.79. The Labute approximate surface area is 147 Å². The van der Waals surface area contributed by atoms with E-state index in [1.807, 2.05) is 7.05 Å². The first-order chi connectivity index (χ1) is 11.8. The molecule has 24 heavy (non-hydrogen) atoms. The van der Waals surface area contributed by atoms with Crippen molar-refractivity contribution in [1.82, 2.24) is 10.6 Å². The lowest BCUT2D eigenvalue weighted by molar-refractivity contribution is 0.138. The standard InChI is InChI=1S/C20H33N3O/c1-21-19(22-15-8-11-18-9-4-3-5-10-18)23-17-20(14-16-24-2)12-6-7-13-20/h3-5,9-10H,6-8,11-17H2,1-2H3,(H2,21,22,23). The molecule has 0 atom stereocenters. The van der Waals surface area contributed by atoms with Crippen LogP contribution in [0.25, 0.3) is 0 Å². The maximum absolute atomic E-state index is 5.31. The molecule has 0 radical (unpaired) electrons. The highest BCUT2D eigenvalue weighted by Gasteiger charge is 2.33. The lowest BCUT2D eigenvalue weighted by Gasteiger charge is -2.30. The zero-order valence-corrected chi connectivity index (χ0v) is 15.3. The van der Waals surface area contributed by atoms with Crippen LogP contribution >= 0.6 is 0 Å². The van der Waals surface area contributed by atoms with Gasteiger partial charge in [0.15, 0.2) is 5.96 Å². The summed E-state index contributed by atoms with van der Waals surface area (Å²) < 4.78 is 5.31. The molecule has 0 saturated heterocycles. The van der Waals surface area contributed by atoms with Crippen molar-refractivity contribution in [3.63, 3.8) is 0 Å². The highest BCUT2D eigenvalue weighted by Crippen LogP contribution is 2.40. The average Bonchev–Trinajstić information content (AvgIpc) is 3.09. The predicted octanol–water partition coefficient (Wildman–Crippen LogP) is 3.38. The lowest BCUT2D eigenvalue weighted by atomic mass is 9.83. The van der Waals surface area contributed by atoms with E-state index in [2.05, 4.69) is 46.0 Å². The van der Waals surface area contributed by atoms with Crippen molar-refractivity contribution in [3.8, 4) is 0 Å². The van der Waals surface area contributed by atoms with E-state index in [0.29, 0.717) is 5.41 Å². The van der Waals surface area contributed by atoms with Crippen molar-refractivity contribution >= 4 is 5.96 Å². The zero-order valence-electron chi connectivity index (χ0n) is 15.3. The largest absolute Gasteiger partial charge is 0.385 e. The summed E-state index contributed by atoms with van der Waals surface area (Å²) in [5.74, 6) is 0.923. The number of nitrogens with zero attached hydrogens (tertiary/aromatic N) is 1. The highest BCUT2D eigenvalue weighted by atomic mass is 16.5. The van der Waals surface area contributed by atoms with Gasteiger partial charge in [-0.1, -0.05) is 43.2 Å². The number of nitrogens with one attached hydrogen (secondary N) is 2. The molecule has 1 aliphatic rings. The molecule has 0 amide bonds. The fourth-order valence-corrected chi connectivity index (χ4v) is 3.59. The summed E-state index contributed by atoms with van der Waals surface area (Å²) in [4.78, 5) is 4.37. The molecule has 1 aromatic rings. The Bertz CT molecular complexity index is 481. The molecule has 1 aliphatic carbocycles. The fourth-order valence-electron chi connectivity index (χ4n) is 3.59. The van der Waals surface area contributed by atoms with Gasteiger partial charge in [0.2, 0.25) is 0 Å². The van der Waals surface area contributed by atoms with Crippen LogP contribution in [0.4, 0.5) is 0 Å². The van der Waals surface area contributed by atoms with Crippen molar-refractivity contribution in [2.45, 2.75) is 44.9 Å². The van der Waals surface area contributed by atoms with Crippen LogP contribution in [-0.2, 0) is 11.2 Å². The van der Waals surface area contributed by atoms with E-state index in [0.717, 1.165) is 44.9 Å². The molecule has 4 nitrogen and oxygen atoms in total. The van der Waals surface area contributed by atoms with Gasteiger partial charge in [-0.2, -0.15) is 0 Å². The summed E-state index contributed by atoms with van der Waals surface area (Å²) in [5, 5.41) is 6.99. The summed E-state index contributed by atoms with van der Waals surface area (Å²) in [6.07, 6.45) is 8.63. The molecule has 0 bridgehead atoms. The Morgan fingerprint density at radius 2 is 1.92 bits per heavy atom. The van der Waals surface area contributed by atoms with E-state index < -0.39 is 0 Å². The van der Waals surface area contributed by atoms with Crippen LogP contribution in [0.3, 0.4) is 0 Å². The molecule has 2 N–H and O–H groups in total. The Hall–Kier alpha value is -1.55. The number of aliphatic imine (C=N–C) groups is 1. The van der Waals surface area contributed by atoms with E-state index in [9.17, 15) is 0 Å². The molecule has 0 aliphatic heterocycles. The third kappa shape index (κ3) is 6.16. The van der Waals surface area contributed by atoms with Crippen molar-refractivity contribution in [2.24, 2.45) is 10.4 Å². The first-order valence-electron chi connectivity index (χ1n) is 9.25. The highest BCUT2D eigenvalue weighted by molar-refractivity contribution is 5.79. The molecule has 1 saturated carbocycles. The van der Waals surface area contributed by atoms with E-state index in [1.54, 1.807) is 7.11 Å². The number of guanidine groups is 1. The molecule has 1 fully saturated rings. The van der Waals surface area contributed by atoms with Crippen LogP contribution in [0.1, 0.15) is 44.1 Å². The lowest BCUT2D eigenvalue weighted by Crippen LogP contribution is -2.43. The van der Waals surface area contributed by atoms with Crippen LogP contribution in [0.5, 0.6) is 0 Å². The van der Waals surface area contributed by atoms with Crippen molar-refractivity contribution in [1.29, 1.82) is 0 Å². The minimum atomic E-state index is 0.387. The number of hydrogen-bond acceptors (Lipinski definition) is 2. The van der Waals surface area contributed by atoms with Crippen molar-refractivity contribution in [2.75, 3.05) is 33.9 Å². The summed E-state index contributed by atoms with van der Waals surface area (Å²) in [5.41, 5.74) is 1.78. The van der Waals surface area contributed by atoms with Gasteiger partial charge in [0, 0.05) is 33.9 Å². The SMILES string of the molecule is CN=C(NCCCc1ccccc1)NCC1(CCOC)CCCC1. The van der Waals surface area contributed by atoms with Crippen LogP contribution in [0.15, 0.2) is 35.3 Å². The number of aryl methyl sites for hydroxylation is 1. The van der Waals surface area contributed by atoms with Gasteiger partial charge in [0.05, 0.1) is 0 Å². The molecular weight excluding hydrogens is 298 g/mol. The Morgan fingerprint density at radius 3 is 2.58 bits per heavy atom. The second-order valence-corrected chi connectivity index (χ2v) is 6.89. The predicted molar refractivity (Wildman–Crippen MR) is 102 cm³/mol. The van der Waals surface area contributed by atoms with Crippen LogP contribution in [0, 0.1) is 5.41 Å². The Kier molecular flexibility index (Phi) is 8.10. The summed E-state index contributed by atoms with van der Waals surface area (Å²) >= 11 is 0. The topological polar surface area (TPSA) is 45.7 Å². The number of rotatable bonds is 9. The van der Waals surface area contributed by atoms with Crippen molar-refractivity contribution < 1.29 is 4.74 Å². The van der Waals surface area contributed by atoms with Crippen molar-refractivity contribution in [3.05, 3.63) is 35.9 Å². The summed E-state index contributed by atoms with van der Waals surface area (Å²) in [6, 6.07) is 10.6. The Balaban J connectivity index is 1.69. The van der Waals surface area contributed by atoms with Gasteiger partial charge in [0.1, 0.15) is 0 Å². The van der Waals surface area contributed by atoms with Gasteiger partial charge >= 0.3 is 0 Å². The number of benzene rings is 1. The van der Waals surface area contributed by atoms with Gasteiger partial charge in [0.25, 0.3) is 0 Å². The first-order valence-corrected chi connectivity index (χ1v) is 9.25. The maximum atomic E-state index is 5.31. The first kappa shape index (κ1) is 18.8. The van der Waals surface area contributed by atoms with Gasteiger partial charge < -0.3 is 15.4 Å². The maximum Gasteiger partial charge on any atom is 0.190 e. The molecule has 0 spiro atoms. The second-order valence-electron chi connectivity index (χ2n) is 6.89. The van der Waals surface area contributed by atoms with E-state index in [1.165, 1.54) is 31.2 Å². The molecule has 2 rings (SSSR count). The smallest absolute Gasteiger partial charge is 0.190 e. The second kappa shape index (κ2) is 10.3. The minimum absolute atomic E-state index is 0.387. The molecule has 0 heterocycles. The molecule has 0 aromatic heterocycles. The zero-order chi connectivity index (χ0) is 17.1. The fraction of sp³-hybridized carbons (Fsp3) is 0.650. The van der Waals surface area contributed by atoms with E-state index in [-0.39, 0.29) is 0 Å². The third-order valence-corrected chi connectivity index (χ3v) is 5.13. The molecule has 134 valence electrons. The average molecular weight is 332 g/mol. The van der Waals surface area contributed by atoms with E-state index in [4.69, 9.17) is 4.74 Å². The minimum Gasteiger partial charge on any atom is -0.385 e. The monoisotopic (exact) mass is 331 g/mol. The quantitative estimate of drug-likeness (QED) is 0.414. The summed E-state index contributed by atoms with van der Waals surface area (Å²) in [7, 11) is 3.65. The van der Waals surface area contributed by atoms with Crippen LogP contribution in [0.2, 0.25) is 0 Å². The van der Waals surface area contributed by atoms with Gasteiger partial charge in [-0.05, 0) is 43.1 Å². The number of methoxy groups -OCH3 is 1. The van der Waals surface area contributed by atoms with Gasteiger partial charge in [-0.25, -0.2) is 0 Å². The van der Waals surface area contributed by atoms with E-state index >= 15 is 0 Å². The van der Waals surface area contributed by atoms with Crippen LogP contribution < -0.4 is 10.6 Å². The normalized spacial score (nSPS) is 17.0. The van der Waals surface area contributed by atoms with Gasteiger partial charge in [-0.3, -0.25) is 4.99 Å². The van der Waals surface area contributed by atoms with Gasteiger partial charge in [-0.15, -0.1) is 0 Å². The number of hydrogen-bond donors (Lipinski definition) is 2. The third-order valence-electron chi connectivity index (χ3n) is 5.13. The number of ether oxygens (including phenoxy) is 1. The molecule has 0 unspecified atom stereocenters. The molecular formula is C20H33N3O. The molecule has 4 heteroatoms. The molecule has 1 aromatic carbocycles. The van der Waals surface area contributed by atoms with Crippen LogP contribution in [-0.4, -0.2) is 39.8 Å². The Morgan fingerprint density at radius 1 is 1.17 bits per heavy atom.